The Bertz CT molecular complexity index is 690. The summed E-state index contributed by atoms with van der Waals surface area (Å²) in [7, 11) is 0. The highest BCUT2D eigenvalue weighted by Crippen LogP contribution is 2.32. The van der Waals surface area contributed by atoms with Crippen molar-refractivity contribution in [1.29, 1.82) is 0 Å². The first-order valence-corrected chi connectivity index (χ1v) is 4.78. The second kappa shape index (κ2) is 4.51. The number of allylic oxidation sites excluding steroid dienone is 2. The van der Waals surface area contributed by atoms with Crippen molar-refractivity contribution in [2.75, 3.05) is 0 Å². The minimum Gasteiger partial charge on any atom is -0.289 e. The van der Waals surface area contributed by atoms with Crippen LogP contribution in [0.15, 0.2) is 34.3 Å². The molecule has 6 nitrogen and oxygen atoms in total. The Hall–Kier alpha value is -2.94. The van der Waals surface area contributed by atoms with Crippen molar-refractivity contribution in [1.82, 2.24) is 0 Å². The van der Waals surface area contributed by atoms with Gasteiger partial charge in [-0.05, 0) is 24.3 Å². The van der Waals surface area contributed by atoms with E-state index in [0.29, 0.717) is 0 Å². The van der Waals surface area contributed by atoms with Gasteiger partial charge in [0.25, 0.3) is 0 Å². The van der Waals surface area contributed by atoms with Gasteiger partial charge in [-0.15, -0.1) is 0 Å². The molecule has 6 heteroatoms. The van der Waals surface area contributed by atoms with E-state index in [4.69, 9.17) is 0 Å². The molecule has 1 aromatic rings. The Morgan fingerprint density at radius 1 is 0.889 bits per heavy atom. The van der Waals surface area contributed by atoms with Crippen LogP contribution in [-0.4, -0.2) is 23.7 Å². The average molecular weight is 240 g/mol. The van der Waals surface area contributed by atoms with E-state index in [-0.39, 0.29) is 22.5 Å². The largest absolute Gasteiger partial charge is 0.289 e. The summed E-state index contributed by atoms with van der Waals surface area (Å²) < 4.78 is 0. The number of benzene rings is 1. The Kier molecular flexibility index (Phi) is 2.89. The molecular formula is C12H4N2O4. The summed E-state index contributed by atoms with van der Waals surface area (Å²) in [6.07, 6.45) is 4.79. The molecule has 0 spiro atoms. The number of hydrogen-bond acceptors (Lipinski definition) is 6. The van der Waals surface area contributed by atoms with Gasteiger partial charge in [-0.1, -0.05) is 0 Å². The number of hydrogen-bond donors (Lipinski definition) is 0. The van der Waals surface area contributed by atoms with Gasteiger partial charge in [0.15, 0.2) is 11.6 Å². The van der Waals surface area contributed by atoms with Gasteiger partial charge in [-0.3, -0.25) is 9.59 Å². The summed E-state index contributed by atoms with van der Waals surface area (Å²) in [6.45, 7) is 0. The molecule has 0 saturated heterocycles. The summed E-state index contributed by atoms with van der Waals surface area (Å²) in [6, 6.07) is 2.51. The number of carbonyl (C=O) groups excluding carboxylic acids is 4. The van der Waals surface area contributed by atoms with Gasteiger partial charge in [0.1, 0.15) is 0 Å². The predicted molar refractivity (Wildman–Crippen MR) is 59.8 cm³/mol. The van der Waals surface area contributed by atoms with Crippen molar-refractivity contribution in [3.8, 4) is 0 Å². The van der Waals surface area contributed by atoms with Crippen molar-refractivity contribution >= 4 is 35.1 Å². The number of isocyanates is 2. The Morgan fingerprint density at radius 2 is 1.56 bits per heavy atom. The molecule has 1 aliphatic carbocycles. The first-order valence-electron chi connectivity index (χ1n) is 4.78. The Balaban J connectivity index is 2.82. The first-order chi connectivity index (χ1) is 8.67. The minimum absolute atomic E-state index is 0.00991. The van der Waals surface area contributed by atoms with Gasteiger partial charge < -0.3 is 0 Å². The summed E-state index contributed by atoms with van der Waals surface area (Å²) in [5.74, 6) is -0.866. The van der Waals surface area contributed by atoms with Gasteiger partial charge in [-0.25, -0.2) is 9.59 Å². The molecule has 1 aromatic carbocycles. The van der Waals surface area contributed by atoms with Gasteiger partial charge in [0, 0.05) is 5.56 Å². The molecule has 0 bridgehead atoms. The van der Waals surface area contributed by atoms with Crippen LogP contribution in [0.5, 0.6) is 0 Å². The van der Waals surface area contributed by atoms with Crippen LogP contribution < -0.4 is 0 Å². The van der Waals surface area contributed by atoms with Crippen molar-refractivity contribution in [3.05, 3.63) is 35.4 Å². The lowest BCUT2D eigenvalue weighted by Gasteiger charge is -2.11. The summed E-state index contributed by atoms with van der Waals surface area (Å²) in [5.41, 5.74) is 0.108. The zero-order valence-electron chi connectivity index (χ0n) is 8.84. The van der Waals surface area contributed by atoms with Crippen molar-refractivity contribution in [2.24, 2.45) is 9.98 Å². The Morgan fingerprint density at radius 3 is 2.22 bits per heavy atom. The lowest BCUT2D eigenvalue weighted by molar-refractivity contribution is 0.0994. The molecule has 18 heavy (non-hydrogen) atoms. The average Bonchev–Trinajstić information content (AvgIpc) is 2.34. The van der Waals surface area contributed by atoms with E-state index in [9.17, 15) is 19.2 Å². The van der Waals surface area contributed by atoms with Gasteiger partial charge in [-0.2, -0.15) is 9.98 Å². The van der Waals surface area contributed by atoms with E-state index < -0.39 is 11.6 Å². The van der Waals surface area contributed by atoms with Gasteiger partial charge >= 0.3 is 0 Å². The van der Waals surface area contributed by atoms with Crippen LogP contribution in [0.4, 0.5) is 11.4 Å². The van der Waals surface area contributed by atoms with Crippen LogP contribution in [0.3, 0.4) is 0 Å². The molecule has 0 radical (unpaired) electrons. The van der Waals surface area contributed by atoms with Crippen LogP contribution in [0.1, 0.15) is 20.7 Å². The predicted octanol–water partition coefficient (Wildman–Crippen LogP) is 1.56. The van der Waals surface area contributed by atoms with E-state index >= 15 is 0 Å². The fourth-order valence-corrected chi connectivity index (χ4v) is 1.64. The van der Waals surface area contributed by atoms with E-state index in [2.05, 4.69) is 9.98 Å². The van der Waals surface area contributed by atoms with Crippen LogP contribution >= 0.6 is 0 Å². The highest BCUT2D eigenvalue weighted by Gasteiger charge is 2.23. The maximum absolute atomic E-state index is 11.7. The topological polar surface area (TPSA) is 93.0 Å². The second-order valence-electron chi connectivity index (χ2n) is 3.36. The molecule has 0 aromatic heterocycles. The van der Waals surface area contributed by atoms with Gasteiger partial charge in [0.05, 0.1) is 16.9 Å². The number of aliphatic imine (C=N–C) groups is 2. The summed E-state index contributed by atoms with van der Waals surface area (Å²) in [4.78, 5) is 50.5. The zero-order chi connectivity index (χ0) is 13.1. The first kappa shape index (κ1) is 11.5. The third kappa shape index (κ3) is 1.85. The summed E-state index contributed by atoms with van der Waals surface area (Å²) in [5, 5.41) is 0. The molecule has 2 rings (SSSR count). The molecule has 0 heterocycles. The quantitative estimate of drug-likeness (QED) is 0.579. The van der Waals surface area contributed by atoms with Crippen molar-refractivity contribution in [2.45, 2.75) is 0 Å². The highest BCUT2D eigenvalue weighted by molar-refractivity contribution is 6.24. The third-order valence-corrected chi connectivity index (χ3v) is 2.34. The molecule has 0 unspecified atom stereocenters. The standard InChI is InChI=1S/C12H4N2O4/c15-5-13-7-3-8-10(17)1-2-11(18)12(8)9(4-7)14-6-16/h1-4H. The van der Waals surface area contributed by atoms with E-state index in [1.54, 1.807) is 0 Å². The fourth-order valence-electron chi connectivity index (χ4n) is 1.64. The van der Waals surface area contributed by atoms with Crippen LogP contribution in [0.2, 0.25) is 0 Å². The smallest absolute Gasteiger partial charge is 0.240 e. The second-order valence-corrected chi connectivity index (χ2v) is 3.36. The number of rotatable bonds is 2. The van der Waals surface area contributed by atoms with Crippen molar-refractivity contribution in [3.63, 3.8) is 0 Å². The molecule has 1 aliphatic rings. The van der Waals surface area contributed by atoms with Gasteiger partial charge in [0.2, 0.25) is 12.2 Å². The molecule has 0 amide bonds. The van der Waals surface area contributed by atoms with Crippen LogP contribution in [-0.2, 0) is 9.59 Å². The number of nitrogens with zero attached hydrogens (tertiary/aromatic N) is 2. The summed E-state index contributed by atoms with van der Waals surface area (Å²) >= 11 is 0. The highest BCUT2D eigenvalue weighted by atomic mass is 16.1. The van der Waals surface area contributed by atoms with Crippen LogP contribution in [0, 0.1) is 0 Å². The minimum atomic E-state index is -0.444. The molecule has 0 aliphatic heterocycles. The Labute approximate surface area is 100 Å². The zero-order valence-corrected chi connectivity index (χ0v) is 8.84. The third-order valence-electron chi connectivity index (χ3n) is 2.34. The molecular weight excluding hydrogens is 236 g/mol. The molecule has 86 valence electrons. The van der Waals surface area contributed by atoms with Crippen LogP contribution in [0.25, 0.3) is 0 Å². The lowest BCUT2D eigenvalue weighted by Crippen LogP contribution is -2.11. The van der Waals surface area contributed by atoms with E-state index in [1.807, 2.05) is 0 Å². The number of carbonyl (C=O) groups is 2. The monoisotopic (exact) mass is 240 g/mol. The normalized spacial score (nSPS) is 12.4. The number of fused-ring (bicyclic) bond motifs is 1. The van der Waals surface area contributed by atoms with E-state index in [1.165, 1.54) is 24.3 Å². The number of ketones is 2. The maximum atomic E-state index is 11.7. The molecule has 0 fully saturated rings. The molecule has 0 N–H and O–H groups in total. The van der Waals surface area contributed by atoms with E-state index in [0.717, 1.165) is 12.2 Å². The molecule has 0 saturated carbocycles. The maximum Gasteiger partial charge on any atom is 0.240 e. The SMILES string of the molecule is O=C=Nc1cc(N=C=O)c2c(c1)C(=O)C=CC2=O. The molecule has 0 atom stereocenters. The van der Waals surface area contributed by atoms with Crippen molar-refractivity contribution < 1.29 is 19.2 Å². The fraction of sp³-hybridized carbons (Fsp3) is 0. The lowest BCUT2D eigenvalue weighted by atomic mass is 9.93.